The molecular weight excluding hydrogens is 339 g/mol. The average Bonchev–Trinajstić information content (AvgIpc) is 2.79. The van der Waals surface area contributed by atoms with E-state index >= 15 is 0 Å². The van der Waals surface area contributed by atoms with Crippen molar-refractivity contribution in [2.24, 2.45) is 0 Å². The number of sulfonamides is 1. The Hall–Kier alpha value is -1.51. The number of benzene rings is 1. The van der Waals surface area contributed by atoms with Crippen LogP contribution in [0, 0.1) is 12.7 Å². The molecule has 5 nitrogen and oxygen atoms in total. The molecule has 1 heterocycles. The molecule has 1 aromatic heterocycles. The first-order valence-corrected chi connectivity index (χ1v) is 8.55. The zero-order valence-electron chi connectivity index (χ0n) is 10.8. The molecule has 0 aliphatic carbocycles. The summed E-state index contributed by atoms with van der Waals surface area (Å²) in [5.74, 6) is -1.99. The molecule has 0 aliphatic heterocycles. The number of amides is 1. The fourth-order valence-electron chi connectivity index (χ4n) is 1.59. The summed E-state index contributed by atoms with van der Waals surface area (Å²) in [6.07, 6.45) is 0. The number of nitrogens with zero attached hydrogens (tertiary/aromatic N) is 1. The number of hydrogen-bond donors (Lipinski definition) is 1. The highest BCUT2D eigenvalue weighted by Crippen LogP contribution is 2.17. The number of carbonyl (C=O) groups is 1. The van der Waals surface area contributed by atoms with Gasteiger partial charge in [-0.1, -0.05) is 17.7 Å². The maximum atomic E-state index is 13.3. The minimum Gasteiger partial charge on any atom is -0.268 e. The predicted molar refractivity (Wildman–Crippen MR) is 78.4 cm³/mol. The molecule has 1 amide bonds. The predicted octanol–water partition coefficient (Wildman–Crippen LogP) is 2.50. The van der Waals surface area contributed by atoms with Crippen LogP contribution >= 0.6 is 23.1 Å². The van der Waals surface area contributed by atoms with Crippen LogP contribution in [0.5, 0.6) is 0 Å². The third kappa shape index (κ3) is 3.99. The topological polar surface area (TPSA) is 76.1 Å². The minimum atomic E-state index is -3.94. The first-order chi connectivity index (χ1) is 9.78. The Morgan fingerprint density at radius 3 is 2.76 bits per heavy atom. The number of hydrogen-bond acceptors (Lipinski definition) is 5. The number of halogens is 2. The highest BCUT2D eigenvalue weighted by molar-refractivity contribution is 7.89. The van der Waals surface area contributed by atoms with Crippen molar-refractivity contribution in [1.82, 2.24) is 9.10 Å². The molecular formula is C12H10ClFN2O3S2. The van der Waals surface area contributed by atoms with E-state index in [1.807, 2.05) is 4.72 Å². The van der Waals surface area contributed by atoms with Crippen molar-refractivity contribution < 1.29 is 17.6 Å². The summed E-state index contributed by atoms with van der Waals surface area (Å²) in [4.78, 5) is 11.8. The molecule has 1 aromatic carbocycles. The Labute approximate surface area is 130 Å². The number of aryl methyl sites for hydroxylation is 1. The lowest BCUT2D eigenvalue weighted by Gasteiger charge is -2.07. The van der Waals surface area contributed by atoms with Gasteiger partial charge in [-0.25, -0.2) is 17.5 Å². The van der Waals surface area contributed by atoms with Crippen molar-refractivity contribution in [2.45, 2.75) is 12.7 Å². The van der Waals surface area contributed by atoms with E-state index in [0.29, 0.717) is 5.69 Å². The molecule has 2 aromatic rings. The quantitative estimate of drug-likeness (QED) is 0.921. The van der Waals surface area contributed by atoms with Crippen LogP contribution in [0.2, 0.25) is 5.02 Å². The van der Waals surface area contributed by atoms with Gasteiger partial charge in [0.2, 0.25) is 10.0 Å². The van der Waals surface area contributed by atoms with Crippen molar-refractivity contribution >= 4 is 39.1 Å². The SMILES string of the molecule is Cc1nscc1C(=O)NS(=O)(=O)Cc1ccc(Cl)c(F)c1. The van der Waals surface area contributed by atoms with E-state index in [2.05, 4.69) is 4.37 Å². The Bertz CT molecular complexity index is 790. The maximum Gasteiger partial charge on any atom is 0.267 e. The zero-order valence-corrected chi connectivity index (χ0v) is 13.1. The number of nitrogens with one attached hydrogen (secondary N) is 1. The summed E-state index contributed by atoms with van der Waals surface area (Å²) >= 11 is 6.58. The van der Waals surface area contributed by atoms with E-state index in [1.54, 1.807) is 6.92 Å². The van der Waals surface area contributed by atoms with E-state index in [0.717, 1.165) is 17.6 Å². The second-order valence-corrected chi connectivity index (χ2v) is 7.01. The molecule has 2 rings (SSSR count). The monoisotopic (exact) mass is 348 g/mol. The van der Waals surface area contributed by atoms with Gasteiger partial charge in [0, 0.05) is 5.38 Å². The molecule has 21 heavy (non-hydrogen) atoms. The number of carbonyl (C=O) groups excluding carboxylic acids is 1. The lowest BCUT2D eigenvalue weighted by molar-refractivity contribution is 0.0981. The summed E-state index contributed by atoms with van der Waals surface area (Å²) in [5, 5.41) is 1.36. The van der Waals surface area contributed by atoms with Gasteiger partial charge in [-0.3, -0.25) is 4.79 Å². The van der Waals surface area contributed by atoms with Crippen molar-refractivity contribution in [3.63, 3.8) is 0 Å². The molecule has 0 bridgehead atoms. The number of aromatic nitrogens is 1. The molecule has 0 fully saturated rings. The van der Waals surface area contributed by atoms with Gasteiger partial charge in [-0.05, 0) is 36.2 Å². The normalized spacial score (nSPS) is 11.4. The van der Waals surface area contributed by atoms with Gasteiger partial charge >= 0.3 is 0 Å². The van der Waals surface area contributed by atoms with Crippen LogP contribution in [-0.4, -0.2) is 18.7 Å². The smallest absolute Gasteiger partial charge is 0.267 e. The van der Waals surface area contributed by atoms with Crippen LogP contribution in [0.15, 0.2) is 23.6 Å². The average molecular weight is 349 g/mol. The molecule has 9 heteroatoms. The van der Waals surface area contributed by atoms with E-state index in [4.69, 9.17) is 11.6 Å². The van der Waals surface area contributed by atoms with Gasteiger partial charge in [-0.15, -0.1) is 0 Å². The van der Waals surface area contributed by atoms with Crippen LogP contribution in [-0.2, 0) is 15.8 Å². The van der Waals surface area contributed by atoms with Gasteiger partial charge in [0.1, 0.15) is 5.82 Å². The lowest BCUT2D eigenvalue weighted by atomic mass is 10.2. The summed E-state index contributed by atoms with van der Waals surface area (Å²) < 4.78 is 42.9. The van der Waals surface area contributed by atoms with Crippen LogP contribution < -0.4 is 4.72 Å². The highest BCUT2D eigenvalue weighted by Gasteiger charge is 2.19. The Balaban J connectivity index is 2.14. The van der Waals surface area contributed by atoms with E-state index in [-0.39, 0.29) is 16.1 Å². The van der Waals surface area contributed by atoms with Gasteiger partial charge in [-0.2, -0.15) is 4.37 Å². The van der Waals surface area contributed by atoms with Crippen LogP contribution in [0.1, 0.15) is 21.6 Å². The van der Waals surface area contributed by atoms with Gasteiger partial charge in [0.05, 0.1) is 22.0 Å². The molecule has 0 atom stereocenters. The van der Waals surface area contributed by atoms with Crippen molar-refractivity contribution in [2.75, 3.05) is 0 Å². The van der Waals surface area contributed by atoms with E-state index in [9.17, 15) is 17.6 Å². The third-order valence-electron chi connectivity index (χ3n) is 2.58. The van der Waals surface area contributed by atoms with Crippen molar-refractivity contribution in [3.05, 3.63) is 51.2 Å². The highest BCUT2D eigenvalue weighted by atomic mass is 35.5. The first kappa shape index (κ1) is 15.9. The molecule has 112 valence electrons. The summed E-state index contributed by atoms with van der Waals surface area (Å²) in [5.41, 5.74) is 0.841. The summed E-state index contributed by atoms with van der Waals surface area (Å²) in [7, 11) is -3.94. The zero-order chi connectivity index (χ0) is 15.6. The number of rotatable bonds is 4. The van der Waals surface area contributed by atoms with Crippen LogP contribution in [0.25, 0.3) is 0 Å². The van der Waals surface area contributed by atoms with Crippen molar-refractivity contribution in [3.8, 4) is 0 Å². The minimum absolute atomic E-state index is 0.0971. The third-order valence-corrected chi connectivity index (χ3v) is 4.82. The van der Waals surface area contributed by atoms with Crippen LogP contribution in [0.3, 0.4) is 0 Å². The largest absolute Gasteiger partial charge is 0.268 e. The van der Waals surface area contributed by atoms with E-state index in [1.165, 1.54) is 17.5 Å². The molecule has 0 saturated heterocycles. The molecule has 0 saturated carbocycles. The van der Waals surface area contributed by atoms with Crippen LogP contribution in [0.4, 0.5) is 4.39 Å². The fourth-order valence-corrected chi connectivity index (χ4v) is 3.48. The first-order valence-electron chi connectivity index (χ1n) is 5.68. The molecule has 0 spiro atoms. The molecule has 1 N–H and O–H groups in total. The molecule has 0 radical (unpaired) electrons. The Kier molecular flexibility index (Phi) is 4.60. The Morgan fingerprint density at radius 1 is 1.48 bits per heavy atom. The van der Waals surface area contributed by atoms with Gasteiger partial charge in [0.25, 0.3) is 5.91 Å². The fraction of sp³-hybridized carbons (Fsp3) is 0.167. The summed E-state index contributed by atoms with van der Waals surface area (Å²) in [6.45, 7) is 1.60. The lowest BCUT2D eigenvalue weighted by Crippen LogP contribution is -2.31. The second-order valence-electron chi connectivity index (χ2n) is 4.25. The second kappa shape index (κ2) is 6.08. The summed E-state index contributed by atoms with van der Waals surface area (Å²) in [6, 6.07) is 3.66. The van der Waals surface area contributed by atoms with Gasteiger partial charge < -0.3 is 0 Å². The standard InChI is InChI=1S/C12H10ClFN2O3S2/c1-7-9(5-20-15-7)12(17)16-21(18,19)6-8-2-3-10(13)11(14)4-8/h2-5H,6H2,1H3,(H,16,17). The van der Waals surface area contributed by atoms with E-state index < -0.39 is 27.5 Å². The molecule has 0 aliphatic rings. The maximum absolute atomic E-state index is 13.3. The van der Waals surface area contributed by atoms with Crippen molar-refractivity contribution in [1.29, 1.82) is 0 Å². The van der Waals surface area contributed by atoms with Gasteiger partial charge in [0.15, 0.2) is 0 Å². The molecule has 0 unspecified atom stereocenters. The Morgan fingerprint density at radius 2 is 2.19 bits per heavy atom.